The molecule has 2 aromatic carbocycles. The first-order chi connectivity index (χ1) is 13.8. The summed E-state index contributed by atoms with van der Waals surface area (Å²) in [5.74, 6) is 0.636. The topological polar surface area (TPSA) is 67.3 Å². The standard InChI is InChI=1S/C22H24N4O2/c1-28-21-11-5-2-8-16(21)20(26-12-6-7-13-26)15-24-22(27)19-14-23-17-9-3-4-10-18(17)25-19/h2-5,8-11,14,20H,6-7,12-13,15H2,1H3,(H,24,27). The second-order valence-corrected chi connectivity index (χ2v) is 6.95. The molecule has 2 heterocycles. The van der Waals surface area contributed by atoms with Crippen molar-refractivity contribution >= 4 is 16.9 Å². The third-order valence-electron chi connectivity index (χ3n) is 5.22. The molecule has 3 aromatic rings. The summed E-state index contributed by atoms with van der Waals surface area (Å²) in [7, 11) is 1.68. The lowest BCUT2D eigenvalue weighted by Crippen LogP contribution is -2.37. The van der Waals surface area contributed by atoms with E-state index in [4.69, 9.17) is 4.74 Å². The molecule has 1 N–H and O–H groups in total. The van der Waals surface area contributed by atoms with Gasteiger partial charge < -0.3 is 10.1 Å². The van der Waals surface area contributed by atoms with E-state index < -0.39 is 0 Å². The van der Waals surface area contributed by atoms with Crippen LogP contribution in [0.5, 0.6) is 5.75 Å². The number of benzene rings is 2. The van der Waals surface area contributed by atoms with Crippen LogP contribution in [0.4, 0.5) is 0 Å². The quantitative estimate of drug-likeness (QED) is 0.716. The van der Waals surface area contributed by atoms with Gasteiger partial charge in [-0.25, -0.2) is 4.98 Å². The van der Waals surface area contributed by atoms with Crippen molar-refractivity contribution in [1.82, 2.24) is 20.2 Å². The number of hydrogen-bond acceptors (Lipinski definition) is 5. The van der Waals surface area contributed by atoms with Crippen LogP contribution in [0.15, 0.2) is 54.7 Å². The Morgan fingerprint density at radius 3 is 2.61 bits per heavy atom. The number of aromatic nitrogens is 2. The Morgan fingerprint density at radius 2 is 1.82 bits per heavy atom. The maximum atomic E-state index is 12.7. The molecule has 0 bridgehead atoms. The molecule has 1 amide bonds. The van der Waals surface area contributed by atoms with Gasteiger partial charge in [0.1, 0.15) is 11.4 Å². The Kier molecular flexibility index (Phi) is 5.48. The molecule has 0 saturated carbocycles. The van der Waals surface area contributed by atoms with Gasteiger partial charge in [-0.15, -0.1) is 0 Å². The van der Waals surface area contributed by atoms with Crippen molar-refractivity contribution < 1.29 is 9.53 Å². The van der Waals surface area contributed by atoms with Gasteiger partial charge in [0.05, 0.1) is 30.4 Å². The third kappa shape index (κ3) is 3.82. The van der Waals surface area contributed by atoms with Crippen molar-refractivity contribution in [2.24, 2.45) is 0 Å². The lowest BCUT2D eigenvalue weighted by molar-refractivity contribution is 0.0932. The van der Waals surface area contributed by atoms with Crippen molar-refractivity contribution in [2.45, 2.75) is 18.9 Å². The highest BCUT2D eigenvalue weighted by molar-refractivity contribution is 5.93. The summed E-state index contributed by atoms with van der Waals surface area (Å²) in [6, 6.07) is 15.6. The summed E-state index contributed by atoms with van der Waals surface area (Å²) < 4.78 is 5.56. The predicted octanol–water partition coefficient (Wildman–Crippen LogP) is 3.21. The van der Waals surface area contributed by atoms with E-state index in [2.05, 4.69) is 26.3 Å². The molecule has 6 heteroatoms. The van der Waals surface area contributed by atoms with Gasteiger partial charge in [0, 0.05) is 12.1 Å². The van der Waals surface area contributed by atoms with Crippen LogP contribution in [-0.2, 0) is 0 Å². The van der Waals surface area contributed by atoms with Gasteiger partial charge in [0.15, 0.2) is 0 Å². The van der Waals surface area contributed by atoms with E-state index in [9.17, 15) is 4.79 Å². The summed E-state index contributed by atoms with van der Waals surface area (Å²) in [6.45, 7) is 2.54. The number of fused-ring (bicyclic) bond motifs is 1. The third-order valence-corrected chi connectivity index (χ3v) is 5.22. The van der Waals surface area contributed by atoms with Crippen LogP contribution in [0.25, 0.3) is 11.0 Å². The molecular formula is C22H24N4O2. The Hall–Kier alpha value is -2.99. The summed E-state index contributed by atoms with van der Waals surface area (Å²) in [4.78, 5) is 23.9. The molecule has 144 valence electrons. The molecule has 28 heavy (non-hydrogen) atoms. The minimum Gasteiger partial charge on any atom is -0.496 e. The van der Waals surface area contributed by atoms with Crippen molar-refractivity contribution in [2.75, 3.05) is 26.7 Å². The Morgan fingerprint density at radius 1 is 1.11 bits per heavy atom. The van der Waals surface area contributed by atoms with E-state index in [1.165, 1.54) is 19.0 Å². The first kappa shape index (κ1) is 18.4. The number of hydrogen-bond donors (Lipinski definition) is 1. The summed E-state index contributed by atoms with van der Waals surface area (Å²) in [6.07, 6.45) is 3.89. The first-order valence-corrected chi connectivity index (χ1v) is 9.63. The van der Waals surface area contributed by atoms with E-state index in [0.29, 0.717) is 12.2 Å². The first-order valence-electron chi connectivity index (χ1n) is 9.63. The van der Waals surface area contributed by atoms with Gasteiger partial charge in [0.2, 0.25) is 0 Å². The van der Waals surface area contributed by atoms with Crippen LogP contribution in [0, 0.1) is 0 Å². The summed E-state index contributed by atoms with van der Waals surface area (Å²) >= 11 is 0. The maximum absolute atomic E-state index is 12.7. The Balaban J connectivity index is 1.54. The van der Waals surface area contributed by atoms with Crippen LogP contribution in [-0.4, -0.2) is 47.5 Å². The van der Waals surface area contributed by atoms with Crippen molar-refractivity contribution in [1.29, 1.82) is 0 Å². The Bertz CT molecular complexity index is 969. The number of ether oxygens (including phenoxy) is 1. The zero-order valence-electron chi connectivity index (χ0n) is 16.0. The van der Waals surface area contributed by atoms with Gasteiger partial charge in [-0.05, 0) is 44.1 Å². The van der Waals surface area contributed by atoms with Gasteiger partial charge in [-0.3, -0.25) is 14.7 Å². The fourth-order valence-electron chi connectivity index (χ4n) is 3.78. The lowest BCUT2D eigenvalue weighted by atomic mass is 10.0. The molecule has 1 fully saturated rings. The molecule has 1 atom stereocenters. The van der Waals surface area contributed by atoms with Crippen LogP contribution < -0.4 is 10.1 Å². The molecule has 1 aromatic heterocycles. The number of carbonyl (C=O) groups excluding carboxylic acids is 1. The minimum absolute atomic E-state index is 0.0658. The summed E-state index contributed by atoms with van der Waals surface area (Å²) in [5.41, 5.74) is 2.93. The number of para-hydroxylation sites is 3. The number of nitrogens with zero attached hydrogens (tertiary/aromatic N) is 3. The van der Waals surface area contributed by atoms with Gasteiger partial charge >= 0.3 is 0 Å². The molecule has 0 spiro atoms. The van der Waals surface area contributed by atoms with Crippen LogP contribution in [0.1, 0.15) is 34.9 Å². The summed E-state index contributed by atoms with van der Waals surface area (Å²) in [5, 5.41) is 3.05. The number of carbonyl (C=O) groups is 1. The van der Waals surface area contributed by atoms with Gasteiger partial charge in [-0.1, -0.05) is 30.3 Å². The van der Waals surface area contributed by atoms with Gasteiger partial charge in [-0.2, -0.15) is 0 Å². The number of amides is 1. The molecular weight excluding hydrogens is 352 g/mol. The SMILES string of the molecule is COc1ccccc1C(CNC(=O)c1cnc2ccccc2n1)N1CCCC1. The molecule has 0 radical (unpaired) electrons. The second-order valence-electron chi connectivity index (χ2n) is 6.95. The number of likely N-dealkylation sites (tertiary alicyclic amines) is 1. The van der Waals surface area contributed by atoms with Crippen molar-refractivity contribution in [3.8, 4) is 5.75 Å². The fourth-order valence-corrected chi connectivity index (χ4v) is 3.78. The highest BCUT2D eigenvalue weighted by Crippen LogP contribution is 2.31. The van der Waals surface area contributed by atoms with Gasteiger partial charge in [0.25, 0.3) is 5.91 Å². The second kappa shape index (κ2) is 8.35. The van der Waals surface area contributed by atoms with Crippen LogP contribution in [0.3, 0.4) is 0 Å². The van der Waals surface area contributed by atoms with E-state index in [1.807, 2.05) is 42.5 Å². The largest absolute Gasteiger partial charge is 0.496 e. The van der Waals surface area contributed by atoms with Crippen molar-refractivity contribution in [3.63, 3.8) is 0 Å². The maximum Gasteiger partial charge on any atom is 0.271 e. The molecule has 1 aliphatic rings. The smallest absolute Gasteiger partial charge is 0.271 e. The van der Waals surface area contributed by atoms with E-state index >= 15 is 0 Å². The Labute approximate surface area is 164 Å². The average molecular weight is 376 g/mol. The molecule has 1 saturated heterocycles. The zero-order valence-corrected chi connectivity index (χ0v) is 16.0. The van der Waals surface area contributed by atoms with E-state index in [0.717, 1.165) is 35.4 Å². The zero-order chi connectivity index (χ0) is 19.3. The van der Waals surface area contributed by atoms with Crippen molar-refractivity contribution in [3.05, 3.63) is 66.0 Å². The average Bonchev–Trinajstić information content (AvgIpc) is 3.28. The molecule has 0 aliphatic carbocycles. The normalized spacial score (nSPS) is 15.5. The monoisotopic (exact) mass is 376 g/mol. The molecule has 1 aliphatic heterocycles. The molecule has 6 nitrogen and oxygen atoms in total. The fraction of sp³-hybridized carbons (Fsp3) is 0.318. The lowest BCUT2D eigenvalue weighted by Gasteiger charge is -2.29. The number of nitrogens with one attached hydrogen (secondary N) is 1. The number of rotatable bonds is 6. The molecule has 1 unspecified atom stereocenters. The molecule has 4 rings (SSSR count). The van der Waals surface area contributed by atoms with Crippen LogP contribution in [0.2, 0.25) is 0 Å². The minimum atomic E-state index is -0.211. The van der Waals surface area contributed by atoms with E-state index in [-0.39, 0.29) is 11.9 Å². The predicted molar refractivity (Wildman–Crippen MR) is 108 cm³/mol. The highest BCUT2D eigenvalue weighted by atomic mass is 16.5. The highest BCUT2D eigenvalue weighted by Gasteiger charge is 2.26. The number of methoxy groups -OCH3 is 1. The van der Waals surface area contributed by atoms with Crippen LogP contribution >= 0.6 is 0 Å². The van der Waals surface area contributed by atoms with E-state index in [1.54, 1.807) is 7.11 Å².